The topological polar surface area (TPSA) is 85.3 Å². The molecular weight excluding hydrogens is 374 g/mol. The Morgan fingerprint density at radius 3 is 2.45 bits per heavy atom. The predicted octanol–water partition coefficient (Wildman–Crippen LogP) is 3.75. The fraction of sp³-hybridized carbons (Fsp3) is 0.636. The van der Waals surface area contributed by atoms with Gasteiger partial charge in [0.2, 0.25) is 0 Å². The minimum absolute atomic E-state index is 0.270. The van der Waals surface area contributed by atoms with E-state index in [9.17, 15) is 14.7 Å². The molecule has 0 radical (unpaired) electrons. The van der Waals surface area contributed by atoms with Crippen LogP contribution in [0, 0.1) is 5.92 Å². The Kier molecular flexibility index (Phi) is 9.77. The zero-order valence-electron chi connectivity index (χ0n) is 17.5. The highest BCUT2D eigenvalue weighted by Gasteiger charge is 2.24. The number of carboxylic acids is 1. The van der Waals surface area contributed by atoms with Gasteiger partial charge < -0.3 is 24.2 Å². The highest BCUT2D eigenvalue weighted by atomic mass is 16.6. The summed E-state index contributed by atoms with van der Waals surface area (Å²) in [5.41, 5.74) is 0.868. The van der Waals surface area contributed by atoms with Crippen molar-refractivity contribution in [2.75, 3.05) is 32.9 Å². The van der Waals surface area contributed by atoms with Crippen molar-refractivity contribution < 1.29 is 28.9 Å². The molecule has 7 nitrogen and oxygen atoms in total. The molecule has 1 atom stereocenters. The van der Waals surface area contributed by atoms with E-state index in [1.165, 1.54) is 19.3 Å². The Hall–Kier alpha value is -2.28. The molecule has 0 saturated heterocycles. The monoisotopic (exact) mass is 407 g/mol. The summed E-state index contributed by atoms with van der Waals surface area (Å²) >= 11 is 0. The lowest BCUT2D eigenvalue weighted by Gasteiger charge is -2.31. The summed E-state index contributed by atoms with van der Waals surface area (Å²) in [5.74, 6) is 0.284. The van der Waals surface area contributed by atoms with Crippen molar-refractivity contribution in [3.8, 4) is 5.75 Å². The number of benzene rings is 1. The van der Waals surface area contributed by atoms with Crippen LogP contribution >= 0.6 is 0 Å². The van der Waals surface area contributed by atoms with Crippen molar-refractivity contribution in [1.29, 1.82) is 0 Å². The summed E-state index contributed by atoms with van der Waals surface area (Å²) in [6, 6.07) is 7.30. The van der Waals surface area contributed by atoms with Gasteiger partial charge in [0.25, 0.3) is 0 Å². The molecule has 0 spiro atoms. The second-order valence-corrected chi connectivity index (χ2v) is 7.34. The van der Waals surface area contributed by atoms with Gasteiger partial charge >= 0.3 is 12.1 Å². The molecule has 0 aliphatic heterocycles. The lowest BCUT2D eigenvalue weighted by molar-refractivity contribution is -0.149. The van der Waals surface area contributed by atoms with Crippen LogP contribution in [0.25, 0.3) is 0 Å². The van der Waals surface area contributed by atoms with Gasteiger partial charge in [0.15, 0.2) is 6.10 Å². The first kappa shape index (κ1) is 23.0. The summed E-state index contributed by atoms with van der Waals surface area (Å²) in [6.07, 6.45) is 3.56. The van der Waals surface area contributed by atoms with Crippen molar-refractivity contribution >= 4 is 12.1 Å². The van der Waals surface area contributed by atoms with Crippen molar-refractivity contribution in [2.45, 2.75) is 52.1 Å². The second-order valence-electron chi connectivity index (χ2n) is 7.34. The molecule has 0 heterocycles. The third kappa shape index (κ3) is 7.93. The molecule has 1 amide bonds. The molecule has 162 valence electrons. The average Bonchev–Trinajstić information content (AvgIpc) is 2.68. The van der Waals surface area contributed by atoms with E-state index in [2.05, 4.69) is 0 Å². The summed E-state index contributed by atoms with van der Waals surface area (Å²) in [6.45, 7) is 6.12. The first-order valence-electron chi connectivity index (χ1n) is 10.5. The van der Waals surface area contributed by atoms with Gasteiger partial charge in [-0.2, -0.15) is 0 Å². The van der Waals surface area contributed by atoms with Crippen molar-refractivity contribution in [3.63, 3.8) is 0 Å². The van der Waals surface area contributed by atoms with Crippen LogP contribution in [-0.2, 0) is 20.7 Å². The van der Waals surface area contributed by atoms with E-state index in [1.807, 2.05) is 31.2 Å². The van der Waals surface area contributed by atoms with Crippen molar-refractivity contribution in [3.05, 3.63) is 29.8 Å². The SMILES string of the molecule is CCCOC(=O)N(CCOc1ccc(CC(OCC)C(=O)O)cc1)CC1CCC1. The number of nitrogens with zero attached hydrogens (tertiary/aromatic N) is 1. The molecule has 1 aromatic carbocycles. The van der Waals surface area contributed by atoms with E-state index in [0.717, 1.165) is 18.5 Å². The fourth-order valence-electron chi connectivity index (χ4n) is 3.15. The molecule has 0 aromatic heterocycles. The van der Waals surface area contributed by atoms with Gasteiger partial charge in [0.05, 0.1) is 13.2 Å². The number of rotatable bonds is 13. The molecule has 1 saturated carbocycles. The van der Waals surface area contributed by atoms with Crippen LogP contribution < -0.4 is 4.74 Å². The van der Waals surface area contributed by atoms with Crippen LogP contribution in [0.15, 0.2) is 24.3 Å². The normalized spacial score (nSPS) is 14.7. The second kappa shape index (κ2) is 12.3. The number of amides is 1. The van der Waals surface area contributed by atoms with E-state index >= 15 is 0 Å². The van der Waals surface area contributed by atoms with E-state index in [4.69, 9.17) is 14.2 Å². The summed E-state index contributed by atoms with van der Waals surface area (Å²) in [7, 11) is 0. The van der Waals surface area contributed by atoms with Crippen LogP contribution in [-0.4, -0.2) is 61.1 Å². The summed E-state index contributed by atoms with van der Waals surface area (Å²) < 4.78 is 16.3. The quantitative estimate of drug-likeness (QED) is 0.536. The number of aliphatic carboxylic acids is 1. The van der Waals surface area contributed by atoms with Gasteiger partial charge in [-0.1, -0.05) is 25.5 Å². The maximum atomic E-state index is 12.3. The van der Waals surface area contributed by atoms with Crippen LogP contribution in [0.5, 0.6) is 5.75 Å². The Bertz CT molecular complexity index is 629. The molecule has 1 aliphatic carbocycles. The van der Waals surface area contributed by atoms with Gasteiger partial charge in [0, 0.05) is 19.6 Å². The van der Waals surface area contributed by atoms with E-state index in [0.29, 0.717) is 44.5 Å². The van der Waals surface area contributed by atoms with E-state index < -0.39 is 12.1 Å². The zero-order chi connectivity index (χ0) is 21.1. The van der Waals surface area contributed by atoms with Crippen LogP contribution in [0.4, 0.5) is 4.79 Å². The smallest absolute Gasteiger partial charge is 0.409 e. The van der Waals surface area contributed by atoms with Crippen molar-refractivity contribution in [1.82, 2.24) is 4.90 Å². The molecule has 0 bridgehead atoms. The maximum absolute atomic E-state index is 12.3. The predicted molar refractivity (Wildman–Crippen MR) is 109 cm³/mol. The standard InChI is InChI=1S/C22H33NO6/c1-3-13-29-22(26)23(16-18-6-5-7-18)12-14-28-19-10-8-17(9-11-19)15-20(21(24)25)27-4-2/h8-11,18,20H,3-7,12-16H2,1-2H3,(H,24,25). The van der Waals surface area contributed by atoms with Crippen LogP contribution in [0.1, 0.15) is 45.1 Å². The molecule has 7 heteroatoms. The van der Waals surface area contributed by atoms with Gasteiger partial charge in [-0.05, 0) is 49.8 Å². The van der Waals surface area contributed by atoms with Crippen LogP contribution in [0.3, 0.4) is 0 Å². The Labute approximate surface area is 172 Å². The third-order valence-corrected chi connectivity index (χ3v) is 5.01. The highest BCUT2D eigenvalue weighted by Crippen LogP contribution is 2.27. The summed E-state index contributed by atoms with van der Waals surface area (Å²) in [4.78, 5) is 25.2. The summed E-state index contributed by atoms with van der Waals surface area (Å²) in [5, 5.41) is 9.18. The zero-order valence-corrected chi connectivity index (χ0v) is 17.5. The van der Waals surface area contributed by atoms with Gasteiger partial charge in [0.1, 0.15) is 12.4 Å². The molecule has 1 aromatic rings. The Balaban J connectivity index is 1.82. The van der Waals surface area contributed by atoms with Gasteiger partial charge in [-0.25, -0.2) is 9.59 Å². The molecule has 29 heavy (non-hydrogen) atoms. The molecule has 1 N–H and O–H groups in total. The molecule has 2 rings (SSSR count). The number of carboxylic acid groups (broad SMARTS) is 1. The first-order valence-corrected chi connectivity index (χ1v) is 10.5. The average molecular weight is 408 g/mol. The molecule has 1 fully saturated rings. The molecule has 1 unspecified atom stereocenters. The lowest BCUT2D eigenvalue weighted by atomic mass is 9.85. The number of carbonyl (C=O) groups excluding carboxylic acids is 1. The van der Waals surface area contributed by atoms with Crippen molar-refractivity contribution in [2.24, 2.45) is 5.92 Å². The lowest BCUT2D eigenvalue weighted by Crippen LogP contribution is -2.40. The number of ether oxygens (including phenoxy) is 3. The van der Waals surface area contributed by atoms with E-state index in [1.54, 1.807) is 11.8 Å². The van der Waals surface area contributed by atoms with Gasteiger partial charge in [-0.3, -0.25) is 0 Å². The molecule has 1 aliphatic rings. The first-order chi connectivity index (χ1) is 14.0. The van der Waals surface area contributed by atoms with Crippen LogP contribution in [0.2, 0.25) is 0 Å². The minimum Gasteiger partial charge on any atom is -0.492 e. The van der Waals surface area contributed by atoms with Gasteiger partial charge in [-0.15, -0.1) is 0 Å². The largest absolute Gasteiger partial charge is 0.492 e. The number of hydrogen-bond acceptors (Lipinski definition) is 5. The fourth-order valence-corrected chi connectivity index (χ4v) is 3.15. The Morgan fingerprint density at radius 1 is 1.17 bits per heavy atom. The highest BCUT2D eigenvalue weighted by molar-refractivity contribution is 5.72. The van der Waals surface area contributed by atoms with E-state index in [-0.39, 0.29) is 6.09 Å². The maximum Gasteiger partial charge on any atom is 0.409 e. The Morgan fingerprint density at radius 2 is 1.90 bits per heavy atom. The molecular formula is C22H33NO6. The number of carbonyl (C=O) groups is 2. The minimum atomic E-state index is -0.964. The number of hydrogen-bond donors (Lipinski definition) is 1. The third-order valence-electron chi connectivity index (χ3n) is 5.01.